The van der Waals surface area contributed by atoms with Gasteiger partial charge in [0.2, 0.25) is 10.0 Å². The summed E-state index contributed by atoms with van der Waals surface area (Å²) in [5.74, 6) is -0.198. The molecule has 1 N–H and O–H groups in total. The SMILES string of the molecule is Cc1oc(C)c(C(=O)O[C@@H](C)C(=O)Nc2cccc(S(=O)(=O)N3CCOCC3)c2)c1C. The third-order valence-corrected chi connectivity index (χ3v) is 7.02. The second-order valence-corrected chi connectivity index (χ2v) is 9.23. The molecular weight excluding hydrogens is 424 g/mol. The van der Waals surface area contributed by atoms with Crippen molar-refractivity contribution in [2.45, 2.75) is 38.7 Å². The summed E-state index contributed by atoms with van der Waals surface area (Å²) in [6, 6.07) is 5.96. The highest BCUT2D eigenvalue weighted by atomic mass is 32.2. The fourth-order valence-corrected chi connectivity index (χ4v) is 4.74. The molecule has 0 bridgehead atoms. The molecule has 1 fully saturated rings. The molecule has 0 saturated carbocycles. The molecule has 2 aromatic rings. The van der Waals surface area contributed by atoms with Crippen molar-refractivity contribution in [3.05, 3.63) is 46.9 Å². The first-order valence-corrected chi connectivity index (χ1v) is 11.3. The molecule has 0 unspecified atom stereocenters. The molecule has 168 valence electrons. The molecule has 1 aromatic heterocycles. The van der Waals surface area contributed by atoms with E-state index in [9.17, 15) is 18.0 Å². The lowest BCUT2D eigenvalue weighted by Gasteiger charge is -2.26. The average Bonchev–Trinajstić information content (AvgIpc) is 3.00. The van der Waals surface area contributed by atoms with Gasteiger partial charge in [-0.05, 0) is 45.9 Å². The van der Waals surface area contributed by atoms with Crippen LogP contribution in [0, 0.1) is 20.8 Å². The van der Waals surface area contributed by atoms with Gasteiger partial charge in [0.15, 0.2) is 6.10 Å². The monoisotopic (exact) mass is 450 g/mol. The van der Waals surface area contributed by atoms with E-state index in [4.69, 9.17) is 13.9 Å². The van der Waals surface area contributed by atoms with Gasteiger partial charge >= 0.3 is 5.97 Å². The van der Waals surface area contributed by atoms with Crippen molar-refractivity contribution in [3.8, 4) is 0 Å². The number of anilines is 1. The largest absolute Gasteiger partial charge is 0.465 e. The molecule has 2 heterocycles. The van der Waals surface area contributed by atoms with Crippen molar-refractivity contribution in [1.82, 2.24) is 4.31 Å². The molecule has 3 rings (SSSR count). The number of nitrogens with zero attached hydrogens (tertiary/aromatic N) is 1. The Labute approximate surface area is 181 Å². The van der Waals surface area contributed by atoms with Crippen LogP contribution >= 0.6 is 0 Å². The van der Waals surface area contributed by atoms with Crippen LogP contribution in [0.1, 0.15) is 34.4 Å². The number of amides is 1. The number of ether oxygens (including phenoxy) is 2. The van der Waals surface area contributed by atoms with Crippen LogP contribution in [0.3, 0.4) is 0 Å². The Morgan fingerprint density at radius 2 is 1.81 bits per heavy atom. The second kappa shape index (κ2) is 9.21. The number of rotatable bonds is 6. The van der Waals surface area contributed by atoms with E-state index in [1.807, 2.05) is 0 Å². The normalized spacial score (nSPS) is 16.0. The number of sulfonamides is 1. The Morgan fingerprint density at radius 3 is 2.42 bits per heavy atom. The molecule has 1 aliphatic rings. The lowest BCUT2D eigenvalue weighted by atomic mass is 10.1. The smallest absolute Gasteiger partial charge is 0.342 e. The maximum absolute atomic E-state index is 12.8. The fourth-order valence-electron chi connectivity index (χ4n) is 3.28. The van der Waals surface area contributed by atoms with Crippen LogP contribution in [0.15, 0.2) is 33.6 Å². The summed E-state index contributed by atoms with van der Waals surface area (Å²) in [5, 5.41) is 2.60. The van der Waals surface area contributed by atoms with Crippen LogP contribution in [0.5, 0.6) is 0 Å². The third kappa shape index (κ3) is 4.97. The fraction of sp³-hybridized carbons (Fsp3) is 0.429. The number of morpholine rings is 1. The molecule has 31 heavy (non-hydrogen) atoms. The predicted octanol–water partition coefficient (Wildman–Crippen LogP) is 2.41. The molecule has 1 aromatic carbocycles. The first kappa shape index (κ1) is 23.0. The molecule has 1 amide bonds. The summed E-state index contributed by atoms with van der Waals surface area (Å²) in [4.78, 5) is 25.1. The van der Waals surface area contributed by atoms with Crippen molar-refractivity contribution in [2.75, 3.05) is 31.6 Å². The number of carbonyl (C=O) groups excluding carboxylic acids is 2. The van der Waals surface area contributed by atoms with Crippen LogP contribution in [0.25, 0.3) is 0 Å². The summed E-state index contributed by atoms with van der Waals surface area (Å²) in [6.45, 7) is 7.82. The third-order valence-electron chi connectivity index (χ3n) is 5.13. The van der Waals surface area contributed by atoms with E-state index in [0.29, 0.717) is 35.9 Å². The van der Waals surface area contributed by atoms with E-state index in [1.165, 1.54) is 23.4 Å². The lowest BCUT2D eigenvalue weighted by Crippen LogP contribution is -2.40. The van der Waals surface area contributed by atoms with E-state index >= 15 is 0 Å². The number of hydrogen-bond donors (Lipinski definition) is 1. The number of esters is 1. The zero-order chi connectivity index (χ0) is 22.8. The Bertz CT molecular complexity index is 1090. The van der Waals surface area contributed by atoms with Crippen LogP contribution in [-0.4, -0.2) is 57.0 Å². The van der Waals surface area contributed by atoms with Gasteiger partial charge in [-0.25, -0.2) is 13.2 Å². The molecule has 0 aliphatic carbocycles. The van der Waals surface area contributed by atoms with E-state index in [1.54, 1.807) is 32.9 Å². The van der Waals surface area contributed by atoms with E-state index in [0.717, 1.165) is 0 Å². The Morgan fingerprint density at radius 1 is 1.13 bits per heavy atom. The van der Waals surface area contributed by atoms with Crippen LogP contribution in [0.2, 0.25) is 0 Å². The summed E-state index contributed by atoms with van der Waals surface area (Å²) in [5.41, 5.74) is 1.25. The highest BCUT2D eigenvalue weighted by Gasteiger charge is 2.27. The van der Waals surface area contributed by atoms with Crippen LogP contribution in [-0.2, 0) is 24.3 Å². The molecule has 9 nitrogen and oxygen atoms in total. The summed E-state index contributed by atoms with van der Waals surface area (Å²) >= 11 is 0. The second-order valence-electron chi connectivity index (χ2n) is 7.30. The molecule has 0 spiro atoms. The molecule has 10 heteroatoms. The predicted molar refractivity (Wildman–Crippen MR) is 112 cm³/mol. The molecule has 0 radical (unpaired) electrons. The maximum atomic E-state index is 12.8. The van der Waals surface area contributed by atoms with E-state index in [2.05, 4.69) is 5.32 Å². The highest BCUT2D eigenvalue weighted by molar-refractivity contribution is 7.89. The summed E-state index contributed by atoms with van der Waals surface area (Å²) in [7, 11) is -3.70. The minimum Gasteiger partial charge on any atom is -0.465 e. The van der Waals surface area contributed by atoms with Crippen molar-refractivity contribution < 1.29 is 31.9 Å². The minimum atomic E-state index is -3.70. The molecule has 1 atom stereocenters. The van der Waals surface area contributed by atoms with Crippen molar-refractivity contribution in [1.29, 1.82) is 0 Å². The Balaban J connectivity index is 1.69. The van der Waals surface area contributed by atoms with E-state index < -0.39 is 28.0 Å². The molecule has 1 saturated heterocycles. The zero-order valence-corrected chi connectivity index (χ0v) is 18.7. The standard InChI is InChI=1S/C21H26N2O7S/c1-13-14(2)29-15(3)19(13)21(25)30-16(4)20(24)22-17-6-5-7-18(12-17)31(26,27)23-8-10-28-11-9-23/h5-7,12,16H,8-11H2,1-4H3,(H,22,24)/t16-/m0/s1. The molecule has 1 aliphatic heterocycles. The van der Waals surface area contributed by atoms with Gasteiger partial charge in [0.25, 0.3) is 5.91 Å². The van der Waals surface area contributed by atoms with Gasteiger partial charge in [-0.1, -0.05) is 6.07 Å². The van der Waals surface area contributed by atoms with Crippen molar-refractivity contribution in [2.24, 2.45) is 0 Å². The van der Waals surface area contributed by atoms with Crippen molar-refractivity contribution in [3.63, 3.8) is 0 Å². The Hall–Kier alpha value is -2.69. The Kier molecular flexibility index (Phi) is 6.83. The first-order chi connectivity index (χ1) is 14.6. The first-order valence-electron chi connectivity index (χ1n) is 9.87. The average molecular weight is 451 g/mol. The van der Waals surface area contributed by atoms with E-state index in [-0.39, 0.29) is 23.7 Å². The van der Waals surface area contributed by atoms with Gasteiger partial charge in [-0.15, -0.1) is 0 Å². The summed E-state index contributed by atoms with van der Waals surface area (Å²) < 4.78 is 42.9. The zero-order valence-electron chi connectivity index (χ0n) is 17.9. The topological polar surface area (TPSA) is 115 Å². The van der Waals surface area contributed by atoms with Gasteiger partial charge in [0, 0.05) is 24.3 Å². The minimum absolute atomic E-state index is 0.0666. The number of carbonyl (C=O) groups is 2. The van der Waals surface area contributed by atoms with Crippen molar-refractivity contribution >= 4 is 27.6 Å². The van der Waals surface area contributed by atoms with Gasteiger partial charge in [-0.3, -0.25) is 4.79 Å². The van der Waals surface area contributed by atoms with Gasteiger partial charge in [0.1, 0.15) is 17.1 Å². The maximum Gasteiger partial charge on any atom is 0.342 e. The number of benzene rings is 1. The van der Waals surface area contributed by atoms with Gasteiger partial charge in [-0.2, -0.15) is 4.31 Å². The number of aryl methyl sites for hydroxylation is 2. The quantitative estimate of drug-likeness (QED) is 0.672. The van der Waals surface area contributed by atoms with Gasteiger partial charge in [0.05, 0.1) is 18.1 Å². The van der Waals surface area contributed by atoms with Crippen LogP contribution in [0.4, 0.5) is 5.69 Å². The summed E-state index contributed by atoms with van der Waals surface area (Å²) in [6.07, 6.45) is -1.10. The number of nitrogens with one attached hydrogen (secondary N) is 1. The van der Waals surface area contributed by atoms with Crippen LogP contribution < -0.4 is 5.32 Å². The highest BCUT2D eigenvalue weighted by Crippen LogP contribution is 2.23. The number of hydrogen-bond acceptors (Lipinski definition) is 7. The lowest BCUT2D eigenvalue weighted by molar-refractivity contribution is -0.123. The molecular formula is C21H26N2O7S. The van der Waals surface area contributed by atoms with Gasteiger partial charge < -0.3 is 19.2 Å². The number of furan rings is 1.